The van der Waals surface area contributed by atoms with Crippen molar-refractivity contribution in [1.29, 1.82) is 0 Å². The van der Waals surface area contributed by atoms with Crippen LogP contribution in [0.3, 0.4) is 0 Å². The van der Waals surface area contributed by atoms with Crippen molar-refractivity contribution in [2.45, 2.75) is 34.2 Å². The summed E-state index contributed by atoms with van der Waals surface area (Å²) in [4.78, 5) is 2.31. The van der Waals surface area contributed by atoms with E-state index in [-0.39, 0.29) is 0 Å². The lowest BCUT2D eigenvalue weighted by Gasteiger charge is -2.20. The van der Waals surface area contributed by atoms with Crippen LogP contribution < -0.4 is 0 Å². The first-order valence-electron chi connectivity index (χ1n) is 5.60. The van der Waals surface area contributed by atoms with E-state index in [9.17, 15) is 5.11 Å². The molecule has 0 aliphatic rings. The highest BCUT2D eigenvalue weighted by Gasteiger charge is 2.10. The van der Waals surface area contributed by atoms with Crippen molar-refractivity contribution < 1.29 is 5.11 Å². The fourth-order valence-corrected chi connectivity index (χ4v) is 1.72. The minimum absolute atomic E-state index is 0.460. The largest absolute Gasteiger partial charge is 0.507 e. The molecule has 0 saturated carbocycles. The van der Waals surface area contributed by atoms with E-state index in [4.69, 9.17) is 0 Å². The van der Waals surface area contributed by atoms with E-state index >= 15 is 0 Å². The van der Waals surface area contributed by atoms with Gasteiger partial charge in [0.15, 0.2) is 0 Å². The Bertz CT molecular complexity index is 330. The van der Waals surface area contributed by atoms with Crippen LogP contribution in [-0.4, -0.2) is 23.1 Å². The average Bonchev–Trinajstić information content (AvgIpc) is 2.24. The molecule has 0 saturated heterocycles. The molecule has 1 aromatic carbocycles. The summed E-state index contributed by atoms with van der Waals surface area (Å²) >= 11 is 0. The first-order valence-corrected chi connectivity index (χ1v) is 5.60. The average molecular weight is 207 g/mol. The zero-order valence-electron chi connectivity index (χ0n) is 10.2. The molecular formula is C13H21NO. The Morgan fingerprint density at radius 1 is 1.07 bits per heavy atom. The van der Waals surface area contributed by atoms with Gasteiger partial charge in [-0.2, -0.15) is 0 Å². The van der Waals surface area contributed by atoms with Crippen LogP contribution in [0.5, 0.6) is 5.75 Å². The molecule has 0 unspecified atom stereocenters. The second kappa shape index (κ2) is 5.17. The first kappa shape index (κ1) is 12.1. The van der Waals surface area contributed by atoms with Crippen LogP contribution in [0.15, 0.2) is 12.1 Å². The highest BCUT2D eigenvalue weighted by molar-refractivity contribution is 5.44. The van der Waals surface area contributed by atoms with E-state index < -0.39 is 0 Å². The first-order chi connectivity index (χ1) is 7.10. The topological polar surface area (TPSA) is 23.5 Å². The summed E-state index contributed by atoms with van der Waals surface area (Å²) < 4.78 is 0. The van der Waals surface area contributed by atoms with Crippen LogP contribution in [0.4, 0.5) is 0 Å². The summed E-state index contributed by atoms with van der Waals surface area (Å²) in [6.07, 6.45) is 0. The third-order valence-electron chi connectivity index (χ3n) is 2.99. The maximum atomic E-state index is 9.99. The van der Waals surface area contributed by atoms with Crippen LogP contribution in [-0.2, 0) is 6.54 Å². The van der Waals surface area contributed by atoms with Gasteiger partial charge in [-0.25, -0.2) is 0 Å². The molecule has 0 fully saturated rings. The van der Waals surface area contributed by atoms with Gasteiger partial charge in [0.05, 0.1) is 0 Å². The minimum Gasteiger partial charge on any atom is -0.507 e. The molecule has 0 aliphatic heterocycles. The Morgan fingerprint density at radius 2 is 1.60 bits per heavy atom. The van der Waals surface area contributed by atoms with Crippen molar-refractivity contribution in [2.24, 2.45) is 0 Å². The second-order valence-electron chi connectivity index (χ2n) is 3.99. The van der Waals surface area contributed by atoms with Crippen molar-refractivity contribution in [3.05, 3.63) is 28.8 Å². The predicted octanol–water partition coefficient (Wildman–Crippen LogP) is 2.85. The van der Waals surface area contributed by atoms with Crippen LogP contribution in [0, 0.1) is 13.8 Å². The normalized spacial score (nSPS) is 11.0. The van der Waals surface area contributed by atoms with E-state index in [0.29, 0.717) is 5.75 Å². The van der Waals surface area contributed by atoms with Crippen molar-refractivity contribution in [1.82, 2.24) is 4.90 Å². The van der Waals surface area contributed by atoms with Gasteiger partial charge in [-0.1, -0.05) is 26.0 Å². The van der Waals surface area contributed by atoms with Gasteiger partial charge in [0.1, 0.15) is 5.75 Å². The number of hydrogen-bond donors (Lipinski definition) is 1. The lowest BCUT2D eigenvalue weighted by molar-refractivity contribution is 0.290. The lowest BCUT2D eigenvalue weighted by atomic mass is 10.0. The Hall–Kier alpha value is -1.02. The molecule has 84 valence electrons. The van der Waals surface area contributed by atoms with E-state index in [1.807, 2.05) is 13.0 Å². The Labute approximate surface area is 92.5 Å². The maximum absolute atomic E-state index is 9.99. The van der Waals surface area contributed by atoms with Gasteiger partial charge in [-0.3, -0.25) is 4.90 Å². The van der Waals surface area contributed by atoms with E-state index in [0.717, 1.165) is 30.8 Å². The Balaban J connectivity index is 2.97. The van der Waals surface area contributed by atoms with Gasteiger partial charge < -0.3 is 5.11 Å². The molecule has 0 radical (unpaired) electrons. The molecule has 0 amide bonds. The molecule has 0 aromatic heterocycles. The van der Waals surface area contributed by atoms with E-state index in [1.165, 1.54) is 5.56 Å². The molecule has 0 atom stereocenters. The molecule has 15 heavy (non-hydrogen) atoms. The number of hydrogen-bond acceptors (Lipinski definition) is 2. The van der Waals surface area contributed by atoms with E-state index in [2.05, 4.69) is 31.7 Å². The summed E-state index contributed by atoms with van der Waals surface area (Å²) in [6, 6.07) is 4.05. The molecule has 0 bridgehead atoms. The zero-order valence-corrected chi connectivity index (χ0v) is 10.2. The molecule has 1 rings (SSSR count). The maximum Gasteiger partial charge on any atom is 0.123 e. The van der Waals surface area contributed by atoms with Gasteiger partial charge in [0.25, 0.3) is 0 Å². The van der Waals surface area contributed by atoms with Gasteiger partial charge in [-0.15, -0.1) is 0 Å². The summed E-state index contributed by atoms with van der Waals surface area (Å²) in [6.45, 7) is 11.2. The quantitative estimate of drug-likeness (QED) is 0.820. The highest BCUT2D eigenvalue weighted by Crippen LogP contribution is 2.26. The molecule has 0 heterocycles. The van der Waals surface area contributed by atoms with Crippen LogP contribution in [0.25, 0.3) is 0 Å². The van der Waals surface area contributed by atoms with Crippen molar-refractivity contribution in [3.63, 3.8) is 0 Å². The van der Waals surface area contributed by atoms with E-state index in [1.54, 1.807) is 0 Å². The highest BCUT2D eigenvalue weighted by atomic mass is 16.3. The number of aryl methyl sites for hydroxylation is 2. The number of benzene rings is 1. The fourth-order valence-electron chi connectivity index (χ4n) is 1.72. The number of phenolic OH excluding ortho intramolecular Hbond substituents is 1. The Morgan fingerprint density at radius 3 is 2.13 bits per heavy atom. The van der Waals surface area contributed by atoms with Gasteiger partial charge in [0.2, 0.25) is 0 Å². The molecule has 0 spiro atoms. The molecular weight excluding hydrogens is 186 g/mol. The molecule has 2 nitrogen and oxygen atoms in total. The van der Waals surface area contributed by atoms with Crippen molar-refractivity contribution in [2.75, 3.05) is 13.1 Å². The summed E-state index contributed by atoms with van der Waals surface area (Å²) in [5.41, 5.74) is 3.20. The van der Waals surface area contributed by atoms with Crippen molar-refractivity contribution >= 4 is 0 Å². The summed E-state index contributed by atoms with van der Waals surface area (Å²) in [5, 5.41) is 9.99. The summed E-state index contributed by atoms with van der Waals surface area (Å²) in [5.74, 6) is 0.460. The van der Waals surface area contributed by atoms with Crippen LogP contribution >= 0.6 is 0 Å². The van der Waals surface area contributed by atoms with Crippen molar-refractivity contribution in [3.8, 4) is 5.75 Å². The number of nitrogens with zero attached hydrogens (tertiary/aromatic N) is 1. The number of phenols is 1. The monoisotopic (exact) mass is 207 g/mol. The summed E-state index contributed by atoms with van der Waals surface area (Å²) in [7, 11) is 0. The molecule has 1 aromatic rings. The zero-order chi connectivity index (χ0) is 11.4. The standard InChI is InChI=1S/C13H21NO/c1-5-14(6-2)9-12-10(3)7-8-11(4)13(12)15/h7-8,15H,5-6,9H2,1-4H3. The number of rotatable bonds is 4. The van der Waals surface area contributed by atoms with Gasteiger partial charge in [0, 0.05) is 12.1 Å². The third-order valence-corrected chi connectivity index (χ3v) is 2.99. The Kier molecular flexibility index (Phi) is 4.15. The van der Waals surface area contributed by atoms with Crippen LogP contribution in [0.1, 0.15) is 30.5 Å². The lowest BCUT2D eigenvalue weighted by Crippen LogP contribution is -2.22. The second-order valence-corrected chi connectivity index (χ2v) is 3.99. The molecule has 0 aliphatic carbocycles. The fraction of sp³-hybridized carbons (Fsp3) is 0.538. The predicted molar refractivity (Wildman–Crippen MR) is 64.2 cm³/mol. The van der Waals surface area contributed by atoms with Gasteiger partial charge >= 0.3 is 0 Å². The minimum atomic E-state index is 0.460. The van der Waals surface area contributed by atoms with Crippen LogP contribution in [0.2, 0.25) is 0 Å². The number of aromatic hydroxyl groups is 1. The third kappa shape index (κ3) is 2.72. The molecule has 2 heteroatoms. The SMILES string of the molecule is CCN(CC)Cc1c(C)ccc(C)c1O. The van der Waals surface area contributed by atoms with Gasteiger partial charge in [-0.05, 0) is 38.1 Å². The smallest absolute Gasteiger partial charge is 0.123 e. The molecule has 1 N–H and O–H groups in total.